The van der Waals surface area contributed by atoms with Crippen LogP contribution in [0.2, 0.25) is 0 Å². The van der Waals surface area contributed by atoms with Gasteiger partial charge in [0.2, 0.25) is 21.8 Å². The molecule has 0 radical (unpaired) electrons. The van der Waals surface area contributed by atoms with E-state index in [0.29, 0.717) is 24.7 Å². The lowest BCUT2D eigenvalue weighted by Crippen LogP contribution is -2.43. The molecule has 0 spiro atoms. The van der Waals surface area contributed by atoms with Gasteiger partial charge in [0, 0.05) is 25.7 Å². The van der Waals surface area contributed by atoms with Gasteiger partial charge in [0.1, 0.15) is 0 Å². The third-order valence-electron chi connectivity index (χ3n) is 4.03. The van der Waals surface area contributed by atoms with E-state index in [-0.39, 0.29) is 23.3 Å². The van der Waals surface area contributed by atoms with E-state index in [1.54, 1.807) is 4.90 Å². The lowest BCUT2D eigenvalue weighted by atomic mass is 9.99. The fourth-order valence-electron chi connectivity index (χ4n) is 2.53. The second-order valence-corrected chi connectivity index (χ2v) is 7.86. The van der Waals surface area contributed by atoms with Gasteiger partial charge >= 0.3 is 0 Å². The summed E-state index contributed by atoms with van der Waals surface area (Å²) >= 11 is 0. The first-order valence-electron chi connectivity index (χ1n) is 7.93. The van der Waals surface area contributed by atoms with Gasteiger partial charge in [0.15, 0.2) is 0 Å². The van der Waals surface area contributed by atoms with E-state index < -0.39 is 10.0 Å². The monoisotopic (exact) mass is 353 g/mol. The van der Waals surface area contributed by atoms with Crippen LogP contribution in [0.4, 0.5) is 5.69 Å². The van der Waals surface area contributed by atoms with Crippen molar-refractivity contribution in [1.82, 2.24) is 9.62 Å². The number of rotatable bonds is 5. The fourth-order valence-corrected chi connectivity index (χ4v) is 3.51. The second kappa shape index (κ2) is 7.76. The van der Waals surface area contributed by atoms with Crippen LogP contribution in [0.1, 0.15) is 26.7 Å². The van der Waals surface area contributed by atoms with Gasteiger partial charge in [-0.2, -0.15) is 0 Å². The van der Waals surface area contributed by atoms with Crippen molar-refractivity contribution in [2.45, 2.75) is 31.6 Å². The Morgan fingerprint density at radius 2 is 1.75 bits per heavy atom. The molecular weight excluding hydrogens is 330 g/mol. The zero-order valence-electron chi connectivity index (χ0n) is 13.9. The highest BCUT2D eigenvalue weighted by atomic mass is 32.2. The molecule has 1 aliphatic rings. The van der Waals surface area contributed by atoms with Crippen LogP contribution < -0.4 is 10.0 Å². The molecule has 0 unspecified atom stereocenters. The molecule has 2 rings (SSSR count). The number of nitrogens with zero attached hydrogens (tertiary/aromatic N) is 1. The van der Waals surface area contributed by atoms with Crippen molar-refractivity contribution in [3.05, 3.63) is 24.3 Å². The van der Waals surface area contributed by atoms with E-state index in [1.807, 2.05) is 0 Å². The number of likely N-dealkylation sites (tertiary alicyclic amines) is 1. The summed E-state index contributed by atoms with van der Waals surface area (Å²) in [4.78, 5) is 24.8. The van der Waals surface area contributed by atoms with Crippen molar-refractivity contribution in [1.29, 1.82) is 0 Å². The molecule has 24 heavy (non-hydrogen) atoms. The maximum atomic E-state index is 12.2. The third kappa shape index (κ3) is 5.04. The standard InChI is InChI=1S/C16H23N3O4S/c1-12-7-9-19(10-8-12)16(21)11-17-24(22,23)15-5-3-14(4-6-15)18-13(2)20/h3-6,12,17H,7-11H2,1-2H3,(H,18,20). The molecule has 1 aromatic carbocycles. The molecule has 2 amide bonds. The number of hydrogen-bond acceptors (Lipinski definition) is 4. The molecule has 0 aliphatic carbocycles. The van der Waals surface area contributed by atoms with Crippen LogP contribution in [0, 0.1) is 5.92 Å². The zero-order chi connectivity index (χ0) is 17.7. The van der Waals surface area contributed by atoms with Gasteiger partial charge in [-0.1, -0.05) is 6.92 Å². The molecule has 2 N–H and O–H groups in total. The van der Waals surface area contributed by atoms with Gasteiger partial charge in [0.25, 0.3) is 0 Å². The van der Waals surface area contributed by atoms with Crippen molar-refractivity contribution >= 4 is 27.5 Å². The number of carbonyl (C=O) groups is 2. The Bertz CT molecular complexity index is 693. The minimum Gasteiger partial charge on any atom is -0.342 e. The van der Waals surface area contributed by atoms with E-state index in [9.17, 15) is 18.0 Å². The molecule has 0 atom stereocenters. The highest BCUT2D eigenvalue weighted by Crippen LogP contribution is 2.16. The van der Waals surface area contributed by atoms with Crippen molar-refractivity contribution in [2.75, 3.05) is 25.0 Å². The average molecular weight is 353 g/mol. The normalized spacial score (nSPS) is 16.0. The number of sulfonamides is 1. The smallest absolute Gasteiger partial charge is 0.241 e. The van der Waals surface area contributed by atoms with Crippen LogP contribution >= 0.6 is 0 Å². The average Bonchev–Trinajstić information content (AvgIpc) is 2.53. The van der Waals surface area contributed by atoms with E-state index in [2.05, 4.69) is 17.0 Å². The van der Waals surface area contributed by atoms with Crippen molar-refractivity contribution < 1.29 is 18.0 Å². The SMILES string of the molecule is CC(=O)Nc1ccc(S(=O)(=O)NCC(=O)N2CCC(C)CC2)cc1. The van der Waals surface area contributed by atoms with Crippen molar-refractivity contribution in [2.24, 2.45) is 5.92 Å². The molecule has 8 heteroatoms. The molecule has 1 aliphatic heterocycles. The molecule has 132 valence electrons. The Morgan fingerprint density at radius 3 is 2.29 bits per heavy atom. The number of nitrogens with one attached hydrogen (secondary N) is 2. The van der Waals surface area contributed by atoms with Crippen LogP contribution in [0.25, 0.3) is 0 Å². The zero-order valence-corrected chi connectivity index (χ0v) is 14.7. The maximum absolute atomic E-state index is 12.2. The van der Waals surface area contributed by atoms with Gasteiger partial charge in [-0.25, -0.2) is 13.1 Å². The van der Waals surface area contributed by atoms with Crippen LogP contribution in [0.3, 0.4) is 0 Å². The summed E-state index contributed by atoms with van der Waals surface area (Å²) in [5.41, 5.74) is 0.514. The summed E-state index contributed by atoms with van der Waals surface area (Å²) in [5, 5.41) is 2.57. The Hall–Kier alpha value is -1.93. The molecule has 7 nitrogen and oxygen atoms in total. The van der Waals surface area contributed by atoms with Gasteiger partial charge in [0.05, 0.1) is 11.4 Å². The molecule has 1 heterocycles. The molecule has 0 bridgehead atoms. The van der Waals surface area contributed by atoms with Crippen LogP contribution in [-0.2, 0) is 19.6 Å². The van der Waals surface area contributed by atoms with Crippen LogP contribution in [-0.4, -0.2) is 44.8 Å². The molecular formula is C16H23N3O4S. The topological polar surface area (TPSA) is 95.6 Å². The quantitative estimate of drug-likeness (QED) is 0.831. The number of hydrogen-bond donors (Lipinski definition) is 2. The van der Waals surface area contributed by atoms with Crippen molar-refractivity contribution in [3.8, 4) is 0 Å². The first kappa shape index (κ1) is 18.4. The highest BCUT2D eigenvalue weighted by molar-refractivity contribution is 7.89. The van der Waals surface area contributed by atoms with Crippen LogP contribution in [0.5, 0.6) is 0 Å². The van der Waals surface area contributed by atoms with E-state index in [1.165, 1.54) is 31.2 Å². The van der Waals surface area contributed by atoms with Gasteiger partial charge in [-0.3, -0.25) is 9.59 Å². The fraction of sp³-hybridized carbons (Fsp3) is 0.500. The molecule has 0 aromatic heterocycles. The number of anilines is 1. The highest BCUT2D eigenvalue weighted by Gasteiger charge is 2.22. The Morgan fingerprint density at radius 1 is 1.17 bits per heavy atom. The molecule has 1 aromatic rings. The number of amides is 2. The number of piperidine rings is 1. The van der Waals surface area contributed by atoms with Gasteiger partial charge in [-0.15, -0.1) is 0 Å². The summed E-state index contributed by atoms with van der Waals surface area (Å²) in [7, 11) is -3.76. The first-order chi connectivity index (χ1) is 11.3. The molecule has 1 saturated heterocycles. The summed E-state index contributed by atoms with van der Waals surface area (Å²) < 4.78 is 26.8. The van der Waals surface area contributed by atoms with Crippen molar-refractivity contribution in [3.63, 3.8) is 0 Å². The Labute approximate surface area is 142 Å². The maximum Gasteiger partial charge on any atom is 0.241 e. The van der Waals surface area contributed by atoms with Gasteiger partial charge in [-0.05, 0) is 43.0 Å². The summed E-state index contributed by atoms with van der Waals surface area (Å²) in [6.07, 6.45) is 1.90. The van der Waals surface area contributed by atoms with E-state index >= 15 is 0 Å². The predicted molar refractivity (Wildman–Crippen MR) is 90.9 cm³/mol. The number of carbonyl (C=O) groups excluding carboxylic acids is 2. The second-order valence-electron chi connectivity index (χ2n) is 6.09. The Kier molecular flexibility index (Phi) is 5.95. The Balaban J connectivity index is 1.93. The lowest BCUT2D eigenvalue weighted by molar-refractivity contribution is -0.131. The van der Waals surface area contributed by atoms with E-state index in [4.69, 9.17) is 0 Å². The minimum absolute atomic E-state index is 0.0525. The van der Waals surface area contributed by atoms with Crippen LogP contribution in [0.15, 0.2) is 29.2 Å². The van der Waals surface area contributed by atoms with Gasteiger partial charge < -0.3 is 10.2 Å². The summed E-state index contributed by atoms with van der Waals surface area (Å²) in [6, 6.07) is 5.79. The number of benzene rings is 1. The molecule has 1 fully saturated rings. The first-order valence-corrected chi connectivity index (χ1v) is 9.41. The molecule has 0 saturated carbocycles. The lowest BCUT2D eigenvalue weighted by Gasteiger charge is -2.30. The third-order valence-corrected chi connectivity index (χ3v) is 5.45. The van der Waals surface area contributed by atoms with E-state index in [0.717, 1.165) is 12.8 Å². The summed E-state index contributed by atoms with van der Waals surface area (Å²) in [6.45, 7) is 4.62. The summed E-state index contributed by atoms with van der Waals surface area (Å²) in [5.74, 6) is 0.165. The predicted octanol–water partition coefficient (Wildman–Crippen LogP) is 1.18. The minimum atomic E-state index is -3.76. The largest absolute Gasteiger partial charge is 0.342 e.